The van der Waals surface area contributed by atoms with E-state index in [0.29, 0.717) is 6.42 Å². The Morgan fingerprint density at radius 1 is 1.32 bits per heavy atom. The number of hydrogen-bond donors (Lipinski definition) is 2. The van der Waals surface area contributed by atoms with Crippen LogP contribution in [0.25, 0.3) is 0 Å². The fraction of sp³-hybridized carbons (Fsp3) is 0.385. The number of aliphatic carboxylic acids is 1. The van der Waals surface area contributed by atoms with Gasteiger partial charge >= 0.3 is 5.97 Å². The summed E-state index contributed by atoms with van der Waals surface area (Å²) in [4.78, 5) is 22.8. The first-order valence-corrected chi connectivity index (χ1v) is 5.85. The van der Waals surface area contributed by atoms with Gasteiger partial charge in [0.2, 0.25) is 0 Å². The fourth-order valence-corrected chi connectivity index (χ4v) is 1.55. The number of hydrogen-bond acceptors (Lipinski definition) is 2. The van der Waals surface area contributed by atoms with E-state index in [1.54, 1.807) is 13.8 Å². The number of nitrogens with one attached hydrogen (secondary N) is 1. The highest BCUT2D eigenvalue weighted by molar-refractivity contribution is 5.96. The lowest BCUT2D eigenvalue weighted by molar-refractivity contribution is -0.140. The van der Waals surface area contributed by atoms with Crippen LogP contribution < -0.4 is 5.32 Å². The van der Waals surface area contributed by atoms with Crippen molar-refractivity contribution in [3.05, 3.63) is 35.4 Å². The molecule has 0 saturated carbocycles. The van der Waals surface area contributed by atoms with Crippen molar-refractivity contribution in [3.8, 4) is 0 Å². The lowest BCUT2D eigenvalue weighted by Gasteiger charge is -2.20. The summed E-state index contributed by atoms with van der Waals surface area (Å²) in [6.07, 6.45) is 0.565. The maximum Gasteiger partial charge on any atom is 0.326 e. The van der Waals surface area contributed by atoms with E-state index in [0.717, 1.165) is 18.2 Å². The molecule has 2 atom stereocenters. The average molecular weight is 271 g/mol. The molecule has 104 valence electrons. The van der Waals surface area contributed by atoms with Crippen molar-refractivity contribution in [1.29, 1.82) is 0 Å². The zero-order valence-electron chi connectivity index (χ0n) is 10.6. The van der Waals surface area contributed by atoms with Crippen molar-refractivity contribution in [2.75, 3.05) is 0 Å². The highest BCUT2D eigenvalue weighted by Gasteiger charge is 2.25. The molecule has 1 aromatic rings. The second-order valence-corrected chi connectivity index (χ2v) is 4.30. The number of carbonyl (C=O) groups is 2. The summed E-state index contributed by atoms with van der Waals surface area (Å²) < 4.78 is 25.7. The van der Waals surface area contributed by atoms with E-state index in [1.807, 2.05) is 0 Å². The van der Waals surface area contributed by atoms with Crippen molar-refractivity contribution < 1.29 is 23.5 Å². The third-order valence-corrected chi connectivity index (χ3v) is 2.95. The zero-order chi connectivity index (χ0) is 14.6. The molecule has 0 fully saturated rings. The molecule has 0 unspecified atom stereocenters. The topological polar surface area (TPSA) is 66.4 Å². The SMILES string of the molecule is CC[C@H](C)[C@@H](NC(=O)c1ccc(F)c(F)c1)C(=O)O. The number of carboxylic acid groups (broad SMARTS) is 1. The first-order valence-electron chi connectivity index (χ1n) is 5.85. The molecule has 0 aliphatic heterocycles. The summed E-state index contributed by atoms with van der Waals surface area (Å²) in [6, 6.07) is 1.60. The van der Waals surface area contributed by atoms with Crippen LogP contribution in [0.2, 0.25) is 0 Å². The summed E-state index contributed by atoms with van der Waals surface area (Å²) in [5.74, 6) is -4.39. The molecule has 1 rings (SSSR count). The van der Waals surface area contributed by atoms with Gasteiger partial charge in [-0.05, 0) is 24.1 Å². The molecule has 0 aliphatic carbocycles. The van der Waals surface area contributed by atoms with E-state index in [9.17, 15) is 18.4 Å². The van der Waals surface area contributed by atoms with Crippen molar-refractivity contribution in [2.45, 2.75) is 26.3 Å². The molecule has 0 bridgehead atoms. The van der Waals surface area contributed by atoms with Crippen LogP contribution in [0, 0.1) is 17.6 Å². The van der Waals surface area contributed by atoms with Crippen LogP contribution in [-0.4, -0.2) is 23.0 Å². The Bertz CT molecular complexity index is 491. The molecule has 0 saturated heterocycles. The lowest BCUT2D eigenvalue weighted by Crippen LogP contribution is -2.45. The predicted octanol–water partition coefficient (Wildman–Crippen LogP) is 2.19. The Hall–Kier alpha value is -1.98. The number of benzene rings is 1. The predicted molar refractivity (Wildman–Crippen MR) is 64.7 cm³/mol. The van der Waals surface area contributed by atoms with E-state index in [1.165, 1.54) is 0 Å². The largest absolute Gasteiger partial charge is 0.480 e. The minimum atomic E-state index is -1.16. The van der Waals surface area contributed by atoms with E-state index in [2.05, 4.69) is 5.32 Å². The normalized spacial score (nSPS) is 13.7. The zero-order valence-corrected chi connectivity index (χ0v) is 10.6. The van der Waals surface area contributed by atoms with Gasteiger partial charge in [-0.25, -0.2) is 13.6 Å². The minimum Gasteiger partial charge on any atom is -0.480 e. The second-order valence-electron chi connectivity index (χ2n) is 4.30. The monoisotopic (exact) mass is 271 g/mol. The van der Waals surface area contributed by atoms with Crippen LogP contribution in [0.5, 0.6) is 0 Å². The van der Waals surface area contributed by atoms with Gasteiger partial charge in [0.05, 0.1) is 0 Å². The standard InChI is InChI=1S/C13H15F2NO3/c1-3-7(2)11(13(18)19)16-12(17)8-4-5-9(14)10(15)6-8/h4-7,11H,3H2,1-2H3,(H,16,17)(H,18,19)/t7-,11+/m0/s1. The van der Waals surface area contributed by atoms with Crippen LogP contribution in [0.3, 0.4) is 0 Å². The Balaban J connectivity index is 2.87. The third kappa shape index (κ3) is 3.74. The summed E-state index contributed by atoms with van der Waals surface area (Å²) >= 11 is 0. The Morgan fingerprint density at radius 2 is 1.95 bits per heavy atom. The molecule has 0 spiro atoms. The Kier molecular flexibility index (Phi) is 4.97. The van der Waals surface area contributed by atoms with Gasteiger partial charge < -0.3 is 10.4 Å². The number of carbonyl (C=O) groups excluding carboxylic acids is 1. The Morgan fingerprint density at radius 3 is 2.42 bits per heavy atom. The van der Waals surface area contributed by atoms with E-state index in [4.69, 9.17) is 5.11 Å². The molecule has 19 heavy (non-hydrogen) atoms. The quantitative estimate of drug-likeness (QED) is 0.862. The van der Waals surface area contributed by atoms with Gasteiger partial charge in [0, 0.05) is 5.56 Å². The van der Waals surface area contributed by atoms with Crippen molar-refractivity contribution in [2.24, 2.45) is 5.92 Å². The summed E-state index contributed by atoms with van der Waals surface area (Å²) in [6.45, 7) is 3.48. The summed E-state index contributed by atoms with van der Waals surface area (Å²) in [5.41, 5.74) is -0.117. The first-order chi connectivity index (χ1) is 8.86. The molecular weight excluding hydrogens is 256 g/mol. The van der Waals surface area contributed by atoms with Crippen molar-refractivity contribution in [3.63, 3.8) is 0 Å². The molecule has 2 N–H and O–H groups in total. The van der Waals surface area contributed by atoms with Gasteiger partial charge in [-0.1, -0.05) is 20.3 Å². The van der Waals surface area contributed by atoms with Crippen LogP contribution in [-0.2, 0) is 4.79 Å². The van der Waals surface area contributed by atoms with Crippen LogP contribution in [0.4, 0.5) is 8.78 Å². The van der Waals surface area contributed by atoms with Gasteiger partial charge in [-0.3, -0.25) is 4.79 Å². The van der Waals surface area contributed by atoms with Gasteiger partial charge in [-0.15, -0.1) is 0 Å². The van der Waals surface area contributed by atoms with Crippen LogP contribution >= 0.6 is 0 Å². The highest BCUT2D eigenvalue weighted by atomic mass is 19.2. The van der Waals surface area contributed by atoms with Crippen LogP contribution in [0.15, 0.2) is 18.2 Å². The minimum absolute atomic E-state index is 0.117. The number of rotatable bonds is 5. The lowest BCUT2D eigenvalue weighted by atomic mass is 9.99. The number of halogens is 2. The number of amides is 1. The van der Waals surface area contributed by atoms with Crippen molar-refractivity contribution in [1.82, 2.24) is 5.32 Å². The molecular formula is C13H15F2NO3. The molecule has 0 aromatic heterocycles. The molecule has 0 radical (unpaired) electrons. The fourth-order valence-electron chi connectivity index (χ4n) is 1.55. The maximum atomic E-state index is 13.0. The van der Waals surface area contributed by atoms with Gasteiger partial charge in [0.25, 0.3) is 5.91 Å². The van der Waals surface area contributed by atoms with Gasteiger partial charge in [-0.2, -0.15) is 0 Å². The highest BCUT2D eigenvalue weighted by Crippen LogP contribution is 2.11. The van der Waals surface area contributed by atoms with Crippen molar-refractivity contribution >= 4 is 11.9 Å². The van der Waals surface area contributed by atoms with Crippen LogP contribution in [0.1, 0.15) is 30.6 Å². The molecule has 4 nitrogen and oxygen atoms in total. The van der Waals surface area contributed by atoms with Gasteiger partial charge in [0.15, 0.2) is 11.6 Å². The molecule has 0 aliphatic rings. The number of carboxylic acids is 1. The van der Waals surface area contributed by atoms with Gasteiger partial charge in [0.1, 0.15) is 6.04 Å². The summed E-state index contributed by atoms with van der Waals surface area (Å²) in [7, 11) is 0. The van der Waals surface area contributed by atoms with E-state index >= 15 is 0 Å². The van der Waals surface area contributed by atoms with E-state index < -0.39 is 29.6 Å². The average Bonchev–Trinajstić information content (AvgIpc) is 2.37. The molecule has 1 aromatic carbocycles. The maximum absolute atomic E-state index is 13.0. The van der Waals surface area contributed by atoms with E-state index in [-0.39, 0.29) is 11.5 Å². The third-order valence-electron chi connectivity index (χ3n) is 2.95. The Labute approximate surface area is 109 Å². The smallest absolute Gasteiger partial charge is 0.326 e. The summed E-state index contributed by atoms with van der Waals surface area (Å²) in [5, 5.41) is 11.3. The second kappa shape index (κ2) is 6.26. The first kappa shape index (κ1) is 15.1. The molecule has 0 heterocycles. The molecule has 6 heteroatoms. The molecule has 1 amide bonds.